The van der Waals surface area contributed by atoms with Crippen LogP contribution in [0.2, 0.25) is 0 Å². The Morgan fingerprint density at radius 3 is 1.86 bits per heavy atom. The normalized spacial score (nSPS) is 11.6. The zero-order valence-electron chi connectivity index (χ0n) is 13.8. The Balaban J connectivity index is 2.62. The van der Waals surface area contributed by atoms with Crippen LogP contribution in [-0.4, -0.2) is 29.1 Å². The van der Waals surface area contributed by atoms with Gasteiger partial charge in [0.15, 0.2) is 0 Å². The van der Waals surface area contributed by atoms with Crippen molar-refractivity contribution in [1.82, 2.24) is 4.90 Å². The van der Waals surface area contributed by atoms with Crippen molar-refractivity contribution in [3.8, 4) is 0 Å². The molecule has 0 bridgehead atoms. The molecule has 0 fully saturated rings. The van der Waals surface area contributed by atoms with Crippen LogP contribution in [0, 0.1) is 11.8 Å². The zero-order valence-corrected chi connectivity index (χ0v) is 13.8. The second kappa shape index (κ2) is 8.83. The van der Waals surface area contributed by atoms with E-state index < -0.39 is 5.97 Å². The highest BCUT2D eigenvalue weighted by atomic mass is 16.4. The van der Waals surface area contributed by atoms with E-state index in [-0.39, 0.29) is 0 Å². The lowest BCUT2D eigenvalue weighted by molar-refractivity contribution is 0.0697. The summed E-state index contributed by atoms with van der Waals surface area (Å²) < 4.78 is 0. The van der Waals surface area contributed by atoms with E-state index in [1.165, 1.54) is 18.4 Å². The van der Waals surface area contributed by atoms with Crippen LogP contribution in [0.1, 0.15) is 56.5 Å². The highest BCUT2D eigenvalue weighted by molar-refractivity contribution is 5.87. The van der Waals surface area contributed by atoms with Crippen molar-refractivity contribution in [2.75, 3.05) is 13.1 Å². The molecule has 1 aromatic rings. The lowest BCUT2D eigenvalue weighted by atomic mass is 10.1. The molecule has 21 heavy (non-hydrogen) atoms. The lowest BCUT2D eigenvalue weighted by Crippen LogP contribution is -2.27. The summed E-state index contributed by atoms with van der Waals surface area (Å²) in [5, 5.41) is 8.94. The van der Waals surface area contributed by atoms with Gasteiger partial charge >= 0.3 is 5.97 Å². The van der Waals surface area contributed by atoms with Gasteiger partial charge in [0.1, 0.15) is 0 Å². The Morgan fingerprint density at radius 2 is 1.48 bits per heavy atom. The quantitative estimate of drug-likeness (QED) is 0.738. The number of rotatable bonds is 9. The first-order valence-electron chi connectivity index (χ1n) is 7.93. The van der Waals surface area contributed by atoms with Crippen LogP contribution in [0.4, 0.5) is 0 Å². The molecule has 0 heterocycles. The minimum atomic E-state index is -0.863. The topological polar surface area (TPSA) is 40.5 Å². The van der Waals surface area contributed by atoms with Gasteiger partial charge < -0.3 is 5.11 Å². The van der Waals surface area contributed by atoms with Crippen LogP contribution >= 0.6 is 0 Å². The smallest absolute Gasteiger partial charge is 0.335 e. The van der Waals surface area contributed by atoms with Gasteiger partial charge in [0.05, 0.1) is 5.56 Å². The van der Waals surface area contributed by atoms with Crippen molar-refractivity contribution >= 4 is 5.97 Å². The SMILES string of the molecule is CC(C)CCN(CCC(C)C)Cc1ccc(C(=O)O)cc1. The second-order valence-electron chi connectivity index (χ2n) is 6.64. The third-order valence-electron chi connectivity index (χ3n) is 3.65. The molecule has 0 aliphatic carbocycles. The average molecular weight is 291 g/mol. The van der Waals surface area contributed by atoms with Gasteiger partial charge in [-0.3, -0.25) is 4.90 Å². The second-order valence-corrected chi connectivity index (χ2v) is 6.64. The summed E-state index contributed by atoms with van der Waals surface area (Å²) in [4.78, 5) is 13.4. The number of benzene rings is 1. The first-order valence-corrected chi connectivity index (χ1v) is 7.93. The van der Waals surface area contributed by atoms with Crippen LogP contribution in [0.15, 0.2) is 24.3 Å². The average Bonchev–Trinajstić information content (AvgIpc) is 2.42. The summed E-state index contributed by atoms with van der Waals surface area (Å²) in [5.41, 5.74) is 1.54. The van der Waals surface area contributed by atoms with Crippen LogP contribution in [0.25, 0.3) is 0 Å². The standard InChI is InChI=1S/C18H29NO2/c1-14(2)9-11-19(12-10-15(3)4)13-16-5-7-17(8-6-16)18(20)21/h5-8,14-15H,9-13H2,1-4H3,(H,20,21). The van der Waals surface area contributed by atoms with Crippen molar-refractivity contribution in [1.29, 1.82) is 0 Å². The van der Waals surface area contributed by atoms with Gasteiger partial charge in [-0.2, -0.15) is 0 Å². The molecule has 0 aliphatic rings. The summed E-state index contributed by atoms with van der Waals surface area (Å²) in [6.45, 7) is 12.1. The molecule has 0 unspecified atom stereocenters. The maximum atomic E-state index is 10.9. The molecule has 1 aromatic carbocycles. The fourth-order valence-corrected chi connectivity index (χ4v) is 2.16. The molecule has 118 valence electrons. The third-order valence-corrected chi connectivity index (χ3v) is 3.65. The van der Waals surface area contributed by atoms with Gasteiger partial charge in [-0.1, -0.05) is 39.8 Å². The largest absolute Gasteiger partial charge is 0.478 e. The van der Waals surface area contributed by atoms with Crippen LogP contribution in [0.5, 0.6) is 0 Å². The van der Waals surface area contributed by atoms with Gasteiger partial charge in [-0.25, -0.2) is 4.79 Å². The first kappa shape index (κ1) is 17.7. The van der Waals surface area contributed by atoms with E-state index in [2.05, 4.69) is 32.6 Å². The van der Waals surface area contributed by atoms with E-state index >= 15 is 0 Å². The minimum Gasteiger partial charge on any atom is -0.478 e. The molecule has 0 aliphatic heterocycles. The zero-order chi connectivity index (χ0) is 15.8. The molecule has 0 spiro atoms. The Bertz CT molecular complexity index is 411. The van der Waals surface area contributed by atoms with Crippen LogP contribution < -0.4 is 0 Å². The minimum absolute atomic E-state index is 0.356. The summed E-state index contributed by atoms with van der Waals surface area (Å²) >= 11 is 0. The highest BCUT2D eigenvalue weighted by Crippen LogP contribution is 2.12. The number of hydrogen-bond acceptors (Lipinski definition) is 2. The fourth-order valence-electron chi connectivity index (χ4n) is 2.16. The summed E-state index contributed by atoms with van der Waals surface area (Å²) in [6.07, 6.45) is 2.40. The molecule has 0 saturated carbocycles. The van der Waals surface area contributed by atoms with Gasteiger partial charge in [-0.15, -0.1) is 0 Å². The third kappa shape index (κ3) is 7.28. The van der Waals surface area contributed by atoms with E-state index in [4.69, 9.17) is 5.11 Å². The number of aromatic carboxylic acids is 1. The monoisotopic (exact) mass is 291 g/mol. The molecule has 0 amide bonds. The van der Waals surface area contributed by atoms with E-state index in [1.807, 2.05) is 12.1 Å². The van der Waals surface area contributed by atoms with Gasteiger partial charge in [0.25, 0.3) is 0 Å². The summed E-state index contributed by atoms with van der Waals surface area (Å²) in [7, 11) is 0. The molecule has 1 N–H and O–H groups in total. The van der Waals surface area contributed by atoms with Crippen molar-refractivity contribution in [3.05, 3.63) is 35.4 Å². The van der Waals surface area contributed by atoms with E-state index in [9.17, 15) is 4.79 Å². The van der Waals surface area contributed by atoms with Crippen molar-refractivity contribution in [2.45, 2.75) is 47.1 Å². The van der Waals surface area contributed by atoms with Gasteiger partial charge in [0.2, 0.25) is 0 Å². The Kier molecular flexibility index (Phi) is 7.44. The molecular formula is C18H29NO2. The van der Waals surface area contributed by atoms with Gasteiger partial charge in [-0.05, 0) is 55.5 Å². The summed E-state index contributed by atoms with van der Waals surface area (Å²) in [6, 6.07) is 7.25. The number of nitrogens with zero attached hydrogens (tertiary/aromatic N) is 1. The molecule has 0 saturated heterocycles. The molecule has 0 aromatic heterocycles. The van der Waals surface area contributed by atoms with Crippen LogP contribution in [0.3, 0.4) is 0 Å². The maximum Gasteiger partial charge on any atom is 0.335 e. The predicted octanol–water partition coefficient (Wildman–Crippen LogP) is 4.28. The van der Waals surface area contributed by atoms with Crippen molar-refractivity contribution in [3.63, 3.8) is 0 Å². The molecule has 3 heteroatoms. The Labute approximate surface area is 129 Å². The molecule has 1 rings (SSSR count). The highest BCUT2D eigenvalue weighted by Gasteiger charge is 2.09. The lowest BCUT2D eigenvalue weighted by Gasteiger charge is -2.24. The maximum absolute atomic E-state index is 10.9. The van der Waals surface area contributed by atoms with E-state index in [0.717, 1.165) is 19.6 Å². The van der Waals surface area contributed by atoms with Crippen molar-refractivity contribution in [2.24, 2.45) is 11.8 Å². The molecule has 0 atom stereocenters. The van der Waals surface area contributed by atoms with Crippen LogP contribution in [-0.2, 0) is 6.54 Å². The molecule has 0 radical (unpaired) electrons. The van der Waals surface area contributed by atoms with E-state index in [0.29, 0.717) is 17.4 Å². The predicted molar refractivity (Wildman–Crippen MR) is 87.6 cm³/mol. The number of carbonyl (C=O) groups is 1. The summed E-state index contributed by atoms with van der Waals surface area (Å²) in [5.74, 6) is 0.555. The van der Waals surface area contributed by atoms with Crippen molar-refractivity contribution < 1.29 is 9.90 Å². The first-order chi connectivity index (χ1) is 9.88. The van der Waals surface area contributed by atoms with Gasteiger partial charge in [0, 0.05) is 6.54 Å². The number of carboxylic acids is 1. The van der Waals surface area contributed by atoms with E-state index in [1.54, 1.807) is 12.1 Å². The Morgan fingerprint density at radius 1 is 1.00 bits per heavy atom. The number of carboxylic acid groups (broad SMARTS) is 1. The Hall–Kier alpha value is -1.35. The molecular weight excluding hydrogens is 262 g/mol. The molecule has 3 nitrogen and oxygen atoms in total. The fraction of sp³-hybridized carbons (Fsp3) is 0.611. The number of hydrogen-bond donors (Lipinski definition) is 1.